The minimum absolute atomic E-state index is 0.103. The van der Waals surface area contributed by atoms with Gasteiger partial charge in [-0.3, -0.25) is 4.79 Å². The van der Waals surface area contributed by atoms with Crippen molar-refractivity contribution in [1.29, 1.82) is 5.26 Å². The topological polar surface area (TPSA) is 84.2 Å². The summed E-state index contributed by atoms with van der Waals surface area (Å²) in [4.78, 5) is 12.1. The van der Waals surface area contributed by atoms with Crippen molar-refractivity contribution in [3.63, 3.8) is 0 Å². The predicted molar refractivity (Wildman–Crippen MR) is 80.2 cm³/mol. The summed E-state index contributed by atoms with van der Waals surface area (Å²) in [6.45, 7) is 1.72. The summed E-state index contributed by atoms with van der Waals surface area (Å²) in [6, 6.07) is 8.82. The molecule has 1 aromatic carbocycles. The molecule has 0 aliphatic heterocycles. The first-order valence-corrected chi connectivity index (χ1v) is 9.06. The molecule has 3 atom stereocenters. The number of ether oxygens (including phenoxy) is 1. The van der Waals surface area contributed by atoms with Gasteiger partial charge in [0.05, 0.1) is 12.7 Å². The molecular weight excluding hydrogens is 358 g/mol. The van der Waals surface area contributed by atoms with Crippen molar-refractivity contribution >= 4 is 31.7 Å². The lowest BCUT2D eigenvalue weighted by molar-refractivity contribution is -0.147. The average Bonchev–Trinajstić information content (AvgIpc) is 3.10. The molecule has 1 aliphatic carbocycles. The number of benzene rings is 1. The van der Waals surface area contributed by atoms with Crippen LogP contribution in [0.2, 0.25) is 0 Å². The smallest absolute Gasteiger partial charge is 0.328 e. The van der Waals surface area contributed by atoms with Crippen LogP contribution in [0, 0.1) is 16.7 Å². The fourth-order valence-electron chi connectivity index (χ4n) is 2.72. The molecule has 1 saturated carbocycles. The van der Waals surface area contributed by atoms with Gasteiger partial charge in [0.1, 0.15) is 5.25 Å². The van der Waals surface area contributed by atoms with Gasteiger partial charge in [-0.1, -0.05) is 28.1 Å². The molecule has 1 aliphatic rings. The van der Waals surface area contributed by atoms with Crippen LogP contribution in [-0.4, -0.2) is 32.5 Å². The van der Waals surface area contributed by atoms with Crippen LogP contribution < -0.4 is 0 Å². The van der Waals surface area contributed by atoms with Gasteiger partial charge < -0.3 is 4.74 Å². The van der Waals surface area contributed by atoms with E-state index in [1.165, 1.54) is 0 Å². The Morgan fingerprint density at radius 1 is 1.43 bits per heavy atom. The molecule has 21 heavy (non-hydrogen) atoms. The molecule has 5 nitrogen and oxygen atoms in total. The molecule has 0 bridgehead atoms. The summed E-state index contributed by atoms with van der Waals surface area (Å²) in [6.07, 6.45) is 1.04. The monoisotopic (exact) mass is 371 g/mol. The minimum atomic E-state index is -3.56. The molecule has 0 amide bonds. The van der Waals surface area contributed by atoms with Gasteiger partial charge in [-0.25, -0.2) is 8.42 Å². The van der Waals surface area contributed by atoms with Gasteiger partial charge in [0.25, 0.3) is 0 Å². The molecule has 1 fully saturated rings. The summed E-state index contributed by atoms with van der Waals surface area (Å²) in [5.41, 5.74) is -1.000. The molecule has 0 aromatic heterocycles. The fraction of sp³-hybridized carbons (Fsp3) is 0.429. The van der Waals surface area contributed by atoms with Gasteiger partial charge in [-0.05, 0) is 24.6 Å². The molecule has 0 spiro atoms. The van der Waals surface area contributed by atoms with Crippen LogP contribution in [0.3, 0.4) is 0 Å². The maximum atomic E-state index is 12.1. The summed E-state index contributed by atoms with van der Waals surface area (Å²) < 4.78 is 29.7. The van der Waals surface area contributed by atoms with Crippen LogP contribution in [0.1, 0.15) is 18.4 Å². The number of carbonyl (C=O) groups excluding carboxylic acids is 1. The zero-order valence-electron chi connectivity index (χ0n) is 11.5. The number of halogens is 1. The van der Waals surface area contributed by atoms with Gasteiger partial charge in [0.2, 0.25) is 0 Å². The number of nitrogens with zero attached hydrogens (tertiary/aromatic N) is 1. The standard InChI is InChI=1S/C14H14BrNO4S/c1-3-20-13(17)14(8-16)11(12(14)21(2,18)19)9-4-6-10(15)7-5-9/h4-7,11-12H,3H2,1-2H3/t11-,12-,14-/m1/s1. The SMILES string of the molecule is CCOC(=O)[C@]1(C#N)[C@H](c2ccc(Br)cc2)[C@H]1S(C)(=O)=O. The van der Waals surface area contributed by atoms with Gasteiger partial charge in [0, 0.05) is 16.6 Å². The third-order valence-electron chi connectivity index (χ3n) is 3.62. The first-order chi connectivity index (χ1) is 9.79. The largest absolute Gasteiger partial charge is 0.465 e. The van der Waals surface area contributed by atoms with E-state index in [4.69, 9.17) is 4.74 Å². The van der Waals surface area contributed by atoms with Gasteiger partial charge >= 0.3 is 5.97 Å². The van der Waals surface area contributed by atoms with Crippen LogP contribution >= 0.6 is 15.9 Å². The Morgan fingerprint density at radius 2 is 2.00 bits per heavy atom. The number of hydrogen-bond acceptors (Lipinski definition) is 5. The van der Waals surface area contributed by atoms with E-state index in [9.17, 15) is 18.5 Å². The Hall–Kier alpha value is -1.39. The van der Waals surface area contributed by atoms with Crippen molar-refractivity contribution in [2.75, 3.05) is 12.9 Å². The zero-order valence-corrected chi connectivity index (χ0v) is 13.9. The first kappa shape index (κ1) is 16.0. The maximum Gasteiger partial charge on any atom is 0.328 e. The zero-order chi connectivity index (χ0) is 15.8. The van der Waals surface area contributed by atoms with E-state index in [0.717, 1.165) is 10.7 Å². The molecule has 1 aromatic rings. The second kappa shape index (κ2) is 5.43. The highest BCUT2D eigenvalue weighted by Crippen LogP contribution is 2.63. The molecular formula is C14H14BrNO4S. The van der Waals surface area contributed by atoms with E-state index in [1.54, 1.807) is 31.2 Å². The fourth-order valence-corrected chi connectivity index (χ4v) is 4.74. The lowest BCUT2D eigenvalue weighted by Gasteiger charge is -2.08. The Morgan fingerprint density at radius 3 is 2.43 bits per heavy atom. The van der Waals surface area contributed by atoms with E-state index in [-0.39, 0.29) is 6.61 Å². The number of nitriles is 1. The Balaban J connectivity index is 2.50. The molecule has 0 heterocycles. The van der Waals surface area contributed by atoms with E-state index in [0.29, 0.717) is 5.56 Å². The highest BCUT2D eigenvalue weighted by Gasteiger charge is 2.76. The second-order valence-corrected chi connectivity index (χ2v) is 8.06. The van der Waals surface area contributed by atoms with Crippen molar-refractivity contribution in [3.05, 3.63) is 34.3 Å². The lowest BCUT2D eigenvalue weighted by Crippen LogP contribution is -2.24. The molecule has 0 radical (unpaired) electrons. The quantitative estimate of drug-likeness (QED) is 0.756. The number of hydrogen-bond donors (Lipinski definition) is 0. The van der Waals surface area contributed by atoms with Gasteiger partial charge in [0.15, 0.2) is 15.3 Å². The maximum absolute atomic E-state index is 12.1. The second-order valence-electron chi connectivity index (χ2n) is 4.98. The molecule has 0 saturated heterocycles. The minimum Gasteiger partial charge on any atom is -0.465 e. The summed E-state index contributed by atoms with van der Waals surface area (Å²) in [7, 11) is -3.56. The molecule has 2 rings (SSSR count). The number of rotatable bonds is 4. The molecule has 0 unspecified atom stereocenters. The molecule has 112 valence electrons. The van der Waals surface area contributed by atoms with Crippen LogP contribution in [-0.2, 0) is 19.4 Å². The lowest BCUT2D eigenvalue weighted by atomic mass is 10.0. The van der Waals surface area contributed by atoms with Gasteiger partial charge in [-0.2, -0.15) is 5.26 Å². The van der Waals surface area contributed by atoms with Crippen molar-refractivity contribution in [1.82, 2.24) is 0 Å². The summed E-state index contributed by atoms with van der Waals surface area (Å²) in [5.74, 6) is -1.46. The molecule has 7 heteroatoms. The van der Waals surface area contributed by atoms with Crippen molar-refractivity contribution in [2.24, 2.45) is 5.41 Å². The normalized spacial score (nSPS) is 27.7. The third kappa shape index (κ3) is 2.58. The van der Waals surface area contributed by atoms with Gasteiger partial charge in [-0.15, -0.1) is 0 Å². The van der Waals surface area contributed by atoms with Crippen LogP contribution in [0.4, 0.5) is 0 Å². The highest BCUT2D eigenvalue weighted by atomic mass is 79.9. The Bertz CT molecular complexity index is 707. The third-order valence-corrected chi connectivity index (χ3v) is 5.72. The van der Waals surface area contributed by atoms with E-state index in [2.05, 4.69) is 15.9 Å². The van der Waals surface area contributed by atoms with Crippen LogP contribution in [0.15, 0.2) is 28.7 Å². The van der Waals surface area contributed by atoms with E-state index >= 15 is 0 Å². The van der Waals surface area contributed by atoms with Crippen molar-refractivity contribution < 1.29 is 17.9 Å². The van der Waals surface area contributed by atoms with E-state index < -0.39 is 32.4 Å². The number of sulfone groups is 1. The average molecular weight is 372 g/mol. The number of esters is 1. The first-order valence-electron chi connectivity index (χ1n) is 6.31. The van der Waals surface area contributed by atoms with Crippen LogP contribution in [0.5, 0.6) is 0 Å². The Kier molecular flexibility index (Phi) is 4.13. The van der Waals surface area contributed by atoms with Crippen molar-refractivity contribution in [3.8, 4) is 6.07 Å². The Labute approximate surface area is 132 Å². The van der Waals surface area contributed by atoms with E-state index in [1.807, 2.05) is 6.07 Å². The summed E-state index contributed by atoms with van der Waals surface area (Å²) in [5, 5.41) is 8.39. The van der Waals surface area contributed by atoms with Crippen molar-refractivity contribution in [2.45, 2.75) is 18.1 Å². The number of carbonyl (C=O) groups is 1. The summed E-state index contributed by atoms with van der Waals surface area (Å²) >= 11 is 3.29. The highest BCUT2D eigenvalue weighted by molar-refractivity contribution is 9.10. The predicted octanol–water partition coefficient (Wildman–Crippen LogP) is 2.03. The van der Waals surface area contributed by atoms with Crippen LogP contribution in [0.25, 0.3) is 0 Å². The molecule has 0 N–H and O–H groups in total.